The van der Waals surface area contributed by atoms with Gasteiger partial charge in [-0.05, 0) is 19.6 Å². The van der Waals surface area contributed by atoms with Gasteiger partial charge < -0.3 is 35.5 Å². The Morgan fingerprint density at radius 1 is 0.526 bits per heavy atom. The van der Waals surface area contributed by atoms with Gasteiger partial charge in [-0.3, -0.25) is 0 Å². The summed E-state index contributed by atoms with van der Waals surface area (Å²) in [4.78, 5) is 2.38. The summed E-state index contributed by atoms with van der Waals surface area (Å²) in [6.45, 7) is 10.1. The van der Waals surface area contributed by atoms with Gasteiger partial charge >= 0.3 is 0 Å². The van der Waals surface area contributed by atoms with E-state index in [2.05, 4.69) is 25.7 Å². The van der Waals surface area contributed by atoms with E-state index in [0.29, 0.717) is 0 Å². The normalized spacial score (nSPS) is 38.8. The molecule has 1 saturated carbocycles. The molecule has 1 aliphatic carbocycles. The summed E-state index contributed by atoms with van der Waals surface area (Å²) in [5.74, 6) is 0. The smallest absolute Gasteiger partial charge is 0.111 e. The van der Waals surface area contributed by atoms with Crippen molar-refractivity contribution in [1.82, 2.24) is 4.90 Å². The molecule has 0 spiro atoms. The first kappa shape index (κ1) is 18.7. The van der Waals surface area contributed by atoms with Crippen molar-refractivity contribution in [3.05, 3.63) is 0 Å². The van der Waals surface area contributed by atoms with Crippen LogP contribution in [-0.4, -0.2) is 91.8 Å². The molecule has 0 bridgehead atoms. The van der Waals surface area contributed by atoms with E-state index in [4.69, 9.17) is 30.6 Å². The van der Waals surface area contributed by atoms with Crippen LogP contribution in [0.4, 0.5) is 0 Å². The molecule has 19 heavy (non-hydrogen) atoms. The third kappa shape index (κ3) is 4.96. The highest BCUT2D eigenvalue weighted by Gasteiger charge is 2.47. The summed E-state index contributed by atoms with van der Waals surface area (Å²) in [7, 11) is 0. The Balaban J connectivity index is 0.000000399. The maximum absolute atomic E-state index is 8.97. The van der Waals surface area contributed by atoms with Crippen molar-refractivity contribution < 1.29 is 30.6 Å². The first-order chi connectivity index (χ1) is 8.81. The highest BCUT2D eigenvalue weighted by atomic mass is 16.4. The van der Waals surface area contributed by atoms with E-state index in [-0.39, 0.29) is 0 Å². The standard InChI is InChI=1S/C6H15N.C6H12O6/c1-4-7(5-2)6-3;7-1-2(8)4(10)6(12)5(11)3(1)9/h4-6H2,1-3H3;1-12H/t;1-,2-,3-,4+,5-,6-. The van der Waals surface area contributed by atoms with Gasteiger partial charge in [-0.2, -0.15) is 0 Å². The van der Waals surface area contributed by atoms with E-state index in [1.165, 1.54) is 19.6 Å². The molecule has 1 fully saturated rings. The van der Waals surface area contributed by atoms with E-state index in [0.717, 1.165) is 0 Å². The first-order valence-corrected chi connectivity index (χ1v) is 6.62. The van der Waals surface area contributed by atoms with Crippen LogP contribution < -0.4 is 0 Å². The molecule has 1 rings (SSSR count). The fourth-order valence-electron chi connectivity index (χ4n) is 1.88. The molecular formula is C12H27NO6. The van der Waals surface area contributed by atoms with Gasteiger partial charge in [0.15, 0.2) is 0 Å². The van der Waals surface area contributed by atoms with Gasteiger partial charge in [0.25, 0.3) is 0 Å². The van der Waals surface area contributed by atoms with Gasteiger partial charge in [-0.1, -0.05) is 20.8 Å². The fourth-order valence-corrected chi connectivity index (χ4v) is 1.88. The Labute approximate surface area is 113 Å². The Hall–Kier alpha value is -0.280. The van der Waals surface area contributed by atoms with Crippen molar-refractivity contribution in [3.8, 4) is 0 Å². The molecule has 6 N–H and O–H groups in total. The number of aliphatic hydroxyl groups excluding tert-OH is 6. The van der Waals surface area contributed by atoms with E-state index in [1.54, 1.807) is 0 Å². The third-order valence-electron chi connectivity index (χ3n) is 3.44. The summed E-state index contributed by atoms with van der Waals surface area (Å²) < 4.78 is 0. The lowest BCUT2D eigenvalue weighted by Gasteiger charge is -2.39. The number of rotatable bonds is 3. The van der Waals surface area contributed by atoms with Crippen molar-refractivity contribution in [3.63, 3.8) is 0 Å². The van der Waals surface area contributed by atoms with Gasteiger partial charge in [0.2, 0.25) is 0 Å². The molecule has 0 radical (unpaired) electrons. The van der Waals surface area contributed by atoms with Crippen LogP contribution >= 0.6 is 0 Å². The van der Waals surface area contributed by atoms with Crippen LogP contribution in [0.1, 0.15) is 20.8 Å². The summed E-state index contributed by atoms with van der Waals surface area (Å²) >= 11 is 0. The maximum Gasteiger partial charge on any atom is 0.111 e. The highest BCUT2D eigenvalue weighted by molar-refractivity contribution is 4.98. The zero-order valence-electron chi connectivity index (χ0n) is 11.7. The second kappa shape index (κ2) is 8.80. The van der Waals surface area contributed by atoms with Crippen molar-refractivity contribution >= 4 is 0 Å². The highest BCUT2D eigenvalue weighted by Crippen LogP contribution is 2.20. The predicted octanol–water partition coefficient (Wildman–Crippen LogP) is -2.49. The zero-order valence-corrected chi connectivity index (χ0v) is 11.7. The number of hydrogen-bond donors (Lipinski definition) is 6. The Morgan fingerprint density at radius 2 is 0.684 bits per heavy atom. The molecule has 0 atom stereocenters. The molecule has 0 unspecified atom stereocenters. The van der Waals surface area contributed by atoms with Crippen molar-refractivity contribution in [2.75, 3.05) is 19.6 Å². The maximum atomic E-state index is 8.97. The van der Waals surface area contributed by atoms with Crippen molar-refractivity contribution in [1.29, 1.82) is 0 Å². The summed E-state index contributed by atoms with van der Waals surface area (Å²) in [6.07, 6.45) is -9.84. The monoisotopic (exact) mass is 281 g/mol. The minimum absolute atomic E-state index is 1.19. The van der Waals surface area contributed by atoms with Crippen LogP contribution in [0.3, 0.4) is 0 Å². The zero-order chi connectivity index (χ0) is 15.2. The van der Waals surface area contributed by atoms with Crippen LogP contribution in [0.5, 0.6) is 0 Å². The lowest BCUT2D eigenvalue weighted by molar-refractivity contribution is -0.223. The molecule has 0 aromatic heterocycles. The number of nitrogens with zero attached hydrogens (tertiary/aromatic N) is 1. The second-order valence-electron chi connectivity index (χ2n) is 4.56. The van der Waals surface area contributed by atoms with Crippen LogP contribution in [0, 0.1) is 0 Å². The molecule has 0 aromatic rings. The molecule has 7 nitrogen and oxygen atoms in total. The quantitative estimate of drug-likeness (QED) is 0.338. The average Bonchev–Trinajstić information content (AvgIpc) is 2.43. The number of hydrogen-bond acceptors (Lipinski definition) is 7. The molecule has 0 aromatic carbocycles. The van der Waals surface area contributed by atoms with Crippen LogP contribution in [0.25, 0.3) is 0 Å². The predicted molar refractivity (Wildman–Crippen MR) is 69.5 cm³/mol. The van der Waals surface area contributed by atoms with Gasteiger partial charge in [-0.15, -0.1) is 0 Å². The van der Waals surface area contributed by atoms with Crippen LogP contribution in [-0.2, 0) is 0 Å². The fraction of sp³-hybridized carbons (Fsp3) is 1.00. The topological polar surface area (TPSA) is 125 Å². The van der Waals surface area contributed by atoms with Gasteiger partial charge in [0, 0.05) is 0 Å². The van der Waals surface area contributed by atoms with Gasteiger partial charge in [-0.25, -0.2) is 0 Å². The lowest BCUT2D eigenvalue weighted by Crippen LogP contribution is -2.63. The largest absolute Gasteiger partial charge is 0.387 e. The summed E-state index contributed by atoms with van der Waals surface area (Å²) in [6, 6.07) is 0. The summed E-state index contributed by atoms with van der Waals surface area (Å²) in [5, 5.41) is 53.8. The lowest BCUT2D eigenvalue weighted by atomic mass is 9.85. The van der Waals surface area contributed by atoms with E-state index in [1.807, 2.05) is 0 Å². The molecule has 0 saturated heterocycles. The van der Waals surface area contributed by atoms with Crippen LogP contribution in [0.2, 0.25) is 0 Å². The average molecular weight is 281 g/mol. The minimum atomic E-state index is -1.64. The molecular weight excluding hydrogens is 254 g/mol. The Kier molecular flexibility index (Phi) is 8.67. The van der Waals surface area contributed by atoms with Crippen molar-refractivity contribution in [2.45, 2.75) is 57.4 Å². The molecule has 0 amide bonds. The van der Waals surface area contributed by atoms with E-state index < -0.39 is 36.6 Å². The Bertz CT molecular complexity index is 174. The molecule has 0 aliphatic heterocycles. The molecule has 0 heterocycles. The molecule has 1 aliphatic rings. The van der Waals surface area contributed by atoms with Crippen LogP contribution in [0.15, 0.2) is 0 Å². The minimum Gasteiger partial charge on any atom is -0.387 e. The number of aliphatic hydroxyl groups is 6. The second-order valence-corrected chi connectivity index (χ2v) is 4.56. The third-order valence-corrected chi connectivity index (χ3v) is 3.44. The van der Waals surface area contributed by atoms with E-state index in [9.17, 15) is 0 Å². The molecule has 7 heteroatoms. The Morgan fingerprint density at radius 3 is 0.737 bits per heavy atom. The van der Waals surface area contributed by atoms with E-state index >= 15 is 0 Å². The SMILES string of the molecule is CCN(CC)CC.O[C@H]1[C@H](O)[C@@H](O)[C@H](O)[C@@H](O)[C@H]1O. The summed E-state index contributed by atoms with van der Waals surface area (Å²) in [5.41, 5.74) is 0. The van der Waals surface area contributed by atoms with Gasteiger partial charge in [0.1, 0.15) is 36.6 Å². The van der Waals surface area contributed by atoms with Gasteiger partial charge in [0.05, 0.1) is 0 Å². The first-order valence-electron chi connectivity index (χ1n) is 6.62. The molecule has 116 valence electrons. The van der Waals surface area contributed by atoms with Crippen molar-refractivity contribution in [2.24, 2.45) is 0 Å².